The molecule has 0 saturated heterocycles. The van der Waals surface area contributed by atoms with Gasteiger partial charge in [0.25, 0.3) is 0 Å². The summed E-state index contributed by atoms with van der Waals surface area (Å²) in [6.07, 6.45) is 1.24. The fraction of sp³-hybridized carbons (Fsp3) is 0.381. The normalized spacial score (nSPS) is 18.4. The average Bonchev–Trinajstić information content (AvgIpc) is 2.72. The minimum Gasteiger partial charge on any atom is -0.497 e. The van der Waals surface area contributed by atoms with Gasteiger partial charge in [-0.05, 0) is 47.4 Å². The van der Waals surface area contributed by atoms with Crippen LogP contribution in [0.25, 0.3) is 0 Å². The van der Waals surface area contributed by atoms with Gasteiger partial charge in [-0.15, -0.1) is 0 Å². The van der Waals surface area contributed by atoms with Crippen LogP contribution in [0.4, 0.5) is 0 Å². The zero-order chi connectivity index (χ0) is 19.4. The van der Waals surface area contributed by atoms with E-state index in [2.05, 4.69) is 5.32 Å². The molecule has 1 aliphatic rings. The van der Waals surface area contributed by atoms with Crippen molar-refractivity contribution in [3.63, 3.8) is 0 Å². The van der Waals surface area contributed by atoms with Crippen LogP contribution in [0.3, 0.4) is 0 Å². The third-order valence-corrected chi connectivity index (χ3v) is 5.05. The Morgan fingerprint density at radius 3 is 2.26 bits per heavy atom. The molecule has 144 valence electrons. The van der Waals surface area contributed by atoms with Crippen molar-refractivity contribution >= 4 is 5.97 Å². The van der Waals surface area contributed by atoms with E-state index < -0.39 is 5.54 Å². The lowest BCUT2D eigenvalue weighted by Crippen LogP contribution is -2.55. The van der Waals surface area contributed by atoms with Gasteiger partial charge >= 0.3 is 5.97 Å². The molecule has 0 bridgehead atoms. The second-order valence-electron chi connectivity index (χ2n) is 6.46. The topological polar surface area (TPSA) is 66.0 Å². The van der Waals surface area contributed by atoms with Crippen LogP contribution < -0.4 is 19.5 Å². The molecule has 0 unspecified atom stereocenters. The van der Waals surface area contributed by atoms with Crippen LogP contribution in [-0.4, -0.2) is 41.0 Å². The van der Waals surface area contributed by atoms with Gasteiger partial charge in [0, 0.05) is 13.0 Å². The molecule has 6 nitrogen and oxygen atoms in total. The first-order valence-corrected chi connectivity index (χ1v) is 8.79. The Morgan fingerprint density at radius 1 is 1.00 bits per heavy atom. The second kappa shape index (κ2) is 7.88. The van der Waals surface area contributed by atoms with E-state index in [1.54, 1.807) is 21.3 Å². The third kappa shape index (κ3) is 3.45. The Labute approximate surface area is 159 Å². The van der Waals surface area contributed by atoms with E-state index in [0.29, 0.717) is 24.5 Å². The third-order valence-electron chi connectivity index (χ3n) is 5.05. The van der Waals surface area contributed by atoms with E-state index in [1.165, 1.54) is 7.11 Å². The van der Waals surface area contributed by atoms with Gasteiger partial charge in [-0.1, -0.05) is 12.1 Å². The first-order valence-electron chi connectivity index (χ1n) is 8.79. The van der Waals surface area contributed by atoms with E-state index in [4.69, 9.17) is 18.9 Å². The number of carbonyl (C=O) groups excluding carboxylic acids is 1. The second-order valence-corrected chi connectivity index (χ2v) is 6.46. The first-order chi connectivity index (χ1) is 13.1. The van der Waals surface area contributed by atoms with E-state index >= 15 is 0 Å². The Balaban J connectivity index is 2.11. The molecular formula is C21H25NO5. The molecule has 0 aromatic heterocycles. The number of methoxy groups -OCH3 is 4. The summed E-state index contributed by atoms with van der Waals surface area (Å²) in [5, 5.41) is 3.40. The van der Waals surface area contributed by atoms with Gasteiger partial charge in [0.15, 0.2) is 11.5 Å². The van der Waals surface area contributed by atoms with E-state index in [1.807, 2.05) is 36.4 Å². The zero-order valence-electron chi connectivity index (χ0n) is 16.1. The van der Waals surface area contributed by atoms with Crippen LogP contribution >= 0.6 is 0 Å². The molecule has 2 aromatic carbocycles. The molecular weight excluding hydrogens is 346 g/mol. The van der Waals surface area contributed by atoms with E-state index in [-0.39, 0.29) is 5.97 Å². The predicted molar refractivity (Wildman–Crippen MR) is 102 cm³/mol. The summed E-state index contributed by atoms with van der Waals surface area (Å²) in [7, 11) is 6.23. The van der Waals surface area contributed by atoms with Crippen LogP contribution in [0.1, 0.15) is 16.7 Å². The molecule has 0 amide bonds. The lowest BCUT2D eigenvalue weighted by molar-refractivity contribution is -0.149. The highest BCUT2D eigenvalue weighted by atomic mass is 16.5. The number of benzene rings is 2. The summed E-state index contributed by atoms with van der Waals surface area (Å²) < 4.78 is 21.3. The summed E-state index contributed by atoms with van der Waals surface area (Å²) >= 11 is 0. The molecule has 3 rings (SSSR count). The summed E-state index contributed by atoms with van der Waals surface area (Å²) in [6, 6.07) is 11.5. The number of hydrogen-bond acceptors (Lipinski definition) is 6. The smallest absolute Gasteiger partial charge is 0.331 e. The number of nitrogens with one attached hydrogen (secondary N) is 1. The van der Waals surface area contributed by atoms with Crippen molar-refractivity contribution in [2.75, 3.05) is 35.0 Å². The van der Waals surface area contributed by atoms with Crippen LogP contribution in [0.5, 0.6) is 17.2 Å². The van der Waals surface area contributed by atoms with Gasteiger partial charge < -0.3 is 18.9 Å². The summed E-state index contributed by atoms with van der Waals surface area (Å²) in [4.78, 5) is 13.0. The van der Waals surface area contributed by atoms with Gasteiger partial charge in [-0.3, -0.25) is 5.32 Å². The Kier molecular flexibility index (Phi) is 5.56. The molecule has 1 atom stereocenters. The molecule has 6 heteroatoms. The van der Waals surface area contributed by atoms with Crippen molar-refractivity contribution in [1.82, 2.24) is 5.32 Å². The van der Waals surface area contributed by atoms with Crippen molar-refractivity contribution in [2.24, 2.45) is 0 Å². The van der Waals surface area contributed by atoms with Gasteiger partial charge in [-0.2, -0.15) is 0 Å². The molecule has 0 aliphatic carbocycles. The molecule has 1 aliphatic heterocycles. The van der Waals surface area contributed by atoms with Gasteiger partial charge in [-0.25, -0.2) is 4.79 Å². The highest BCUT2D eigenvalue weighted by Gasteiger charge is 2.45. The van der Waals surface area contributed by atoms with E-state index in [0.717, 1.165) is 28.9 Å². The number of rotatable bonds is 6. The zero-order valence-corrected chi connectivity index (χ0v) is 16.1. The molecule has 1 N–H and O–H groups in total. The predicted octanol–water partition coefficient (Wildman–Crippen LogP) is 2.47. The average molecular weight is 371 g/mol. The monoisotopic (exact) mass is 371 g/mol. The first kappa shape index (κ1) is 19.0. The van der Waals surface area contributed by atoms with Crippen molar-refractivity contribution in [1.29, 1.82) is 0 Å². The van der Waals surface area contributed by atoms with Crippen molar-refractivity contribution < 1.29 is 23.7 Å². The lowest BCUT2D eigenvalue weighted by Gasteiger charge is -2.38. The molecule has 0 spiro atoms. The van der Waals surface area contributed by atoms with Crippen molar-refractivity contribution in [3.05, 3.63) is 53.1 Å². The fourth-order valence-corrected chi connectivity index (χ4v) is 3.67. The molecule has 0 radical (unpaired) electrons. The van der Waals surface area contributed by atoms with Crippen LogP contribution in [0.15, 0.2) is 36.4 Å². The van der Waals surface area contributed by atoms with Crippen LogP contribution in [0.2, 0.25) is 0 Å². The molecule has 0 fully saturated rings. The largest absolute Gasteiger partial charge is 0.497 e. The van der Waals surface area contributed by atoms with Crippen molar-refractivity contribution in [2.45, 2.75) is 18.4 Å². The van der Waals surface area contributed by atoms with Gasteiger partial charge in [0.2, 0.25) is 0 Å². The maximum Gasteiger partial charge on any atom is 0.331 e. The summed E-state index contributed by atoms with van der Waals surface area (Å²) in [6.45, 7) is 0.660. The number of esters is 1. The molecule has 2 aromatic rings. The minimum absolute atomic E-state index is 0.327. The van der Waals surface area contributed by atoms with Gasteiger partial charge in [0.1, 0.15) is 11.3 Å². The Morgan fingerprint density at radius 2 is 1.67 bits per heavy atom. The maximum atomic E-state index is 13.0. The van der Waals surface area contributed by atoms with E-state index in [9.17, 15) is 4.79 Å². The number of ether oxygens (including phenoxy) is 4. The SMILES string of the molecule is COC(=O)[C@]1(Cc2ccc(OC)cc2)NCCc2cc(OC)c(OC)cc21. The van der Waals surface area contributed by atoms with Crippen LogP contribution in [0, 0.1) is 0 Å². The van der Waals surface area contributed by atoms with Crippen LogP contribution in [-0.2, 0) is 27.9 Å². The Bertz CT molecular complexity index is 818. The molecule has 0 saturated carbocycles. The summed E-state index contributed by atoms with van der Waals surface area (Å²) in [5.74, 6) is 1.69. The van der Waals surface area contributed by atoms with Gasteiger partial charge in [0.05, 0.1) is 28.4 Å². The highest BCUT2D eigenvalue weighted by molar-refractivity contribution is 5.84. The lowest BCUT2D eigenvalue weighted by atomic mass is 9.77. The number of fused-ring (bicyclic) bond motifs is 1. The Hall–Kier alpha value is -2.73. The molecule has 1 heterocycles. The fourth-order valence-electron chi connectivity index (χ4n) is 3.67. The minimum atomic E-state index is -0.990. The molecule has 27 heavy (non-hydrogen) atoms. The number of hydrogen-bond donors (Lipinski definition) is 1. The maximum absolute atomic E-state index is 13.0. The summed E-state index contributed by atoms with van der Waals surface area (Å²) in [5.41, 5.74) is 1.91. The highest BCUT2D eigenvalue weighted by Crippen LogP contribution is 2.40. The standard InChI is InChI=1S/C21H25NO5/c1-24-16-7-5-14(6-8-16)13-21(20(23)27-4)17-12-19(26-3)18(25-2)11-15(17)9-10-22-21/h5-8,11-12,22H,9-10,13H2,1-4H3/t21-/m1/s1. The quantitative estimate of drug-likeness (QED) is 0.787. The van der Waals surface area contributed by atoms with Crippen molar-refractivity contribution in [3.8, 4) is 17.2 Å². The number of carbonyl (C=O) groups is 1.